The summed E-state index contributed by atoms with van der Waals surface area (Å²) >= 11 is 0. The maximum absolute atomic E-state index is 5.65. The van der Waals surface area contributed by atoms with E-state index in [9.17, 15) is 0 Å². The molecule has 3 N–H and O–H groups in total. The monoisotopic (exact) mass is 129 g/mol. The quantitative estimate of drug-likeness (QED) is 0.487. The lowest BCUT2D eigenvalue weighted by atomic mass is 10.3. The highest BCUT2D eigenvalue weighted by Crippen LogP contribution is 1.92. The predicted molar refractivity (Wildman–Crippen MR) is 38.1 cm³/mol. The summed E-state index contributed by atoms with van der Waals surface area (Å²) in [5.41, 5.74) is 5.65. The Morgan fingerprint density at radius 2 is 2.56 bits per heavy atom. The van der Waals surface area contributed by atoms with Crippen LogP contribution in [0.3, 0.4) is 0 Å². The van der Waals surface area contributed by atoms with Crippen molar-refractivity contribution in [3.05, 3.63) is 0 Å². The average Bonchev–Trinajstić information content (AvgIpc) is 1.88. The minimum atomic E-state index is 0.193. The zero-order chi connectivity index (χ0) is 6.69. The molecule has 0 saturated carbocycles. The van der Waals surface area contributed by atoms with Crippen LogP contribution < -0.4 is 11.1 Å². The Hall–Kier alpha value is -0.120. The molecule has 0 aliphatic carbocycles. The second-order valence-corrected chi connectivity index (χ2v) is 2.45. The summed E-state index contributed by atoms with van der Waals surface area (Å²) in [5.74, 6) is 0. The molecule has 3 nitrogen and oxygen atoms in total. The normalized spacial score (nSPS) is 30.7. The van der Waals surface area contributed by atoms with Crippen molar-refractivity contribution in [2.45, 2.75) is 13.1 Å². The molecule has 0 spiro atoms. The highest BCUT2D eigenvalue weighted by molar-refractivity contribution is 4.72. The third-order valence-corrected chi connectivity index (χ3v) is 1.74. The van der Waals surface area contributed by atoms with Crippen LogP contribution in [-0.2, 0) is 0 Å². The fraction of sp³-hybridized carbons (Fsp3) is 1.00. The van der Waals surface area contributed by atoms with Gasteiger partial charge >= 0.3 is 0 Å². The second-order valence-electron chi connectivity index (χ2n) is 2.45. The van der Waals surface area contributed by atoms with E-state index in [-0.39, 0.29) is 6.17 Å². The maximum Gasteiger partial charge on any atom is 0.0678 e. The Kier molecular flexibility index (Phi) is 2.45. The molecule has 0 radical (unpaired) electrons. The van der Waals surface area contributed by atoms with Crippen LogP contribution in [0, 0.1) is 0 Å². The molecular weight excluding hydrogens is 114 g/mol. The molecule has 3 heteroatoms. The molecule has 1 aliphatic heterocycles. The van der Waals surface area contributed by atoms with E-state index in [2.05, 4.69) is 17.1 Å². The summed E-state index contributed by atoms with van der Waals surface area (Å²) in [6.07, 6.45) is 0.193. The highest BCUT2D eigenvalue weighted by atomic mass is 15.2. The van der Waals surface area contributed by atoms with Crippen molar-refractivity contribution in [3.8, 4) is 0 Å². The van der Waals surface area contributed by atoms with Gasteiger partial charge in [0.25, 0.3) is 0 Å². The van der Waals surface area contributed by atoms with Crippen LogP contribution in [0.4, 0.5) is 0 Å². The van der Waals surface area contributed by atoms with Crippen LogP contribution in [0.5, 0.6) is 0 Å². The summed E-state index contributed by atoms with van der Waals surface area (Å²) in [7, 11) is 0. The van der Waals surface area contributed by atoms with Gasteiger partial charge in [0.2, 0.25) is 0 Å². The fourth-order valence-electron chi connectivity index (χ4n) is 1.13. The van der Waals surface area contributed by atoms with Gasteiger partial charge in [-0.25, -0.2) is 0 Å². The number of piperazine rings is 1. The van der Waals surface area contributed by atoms with E-state index in [1.165, 1.54) is 0 Å². The lowest BCUT2D eigenvalue weighted by molar-refractivity contribution is 0.211. The zero-order valence-electron chi connectivity index (χ0n) is 5.93. The Balaban J connectivity index is 2.23. The Morgan fingerprint density at radius 3 is 3.00 bits per heavy atom. The lowest BCUT2D eigenvalue weighted by Crippen LogP contribution is -2.54. The number of nitrogens with two attached hydrogens (primary N) is 1. The summed E-state index contributed by atoms with van der Waals surface area (Å²) in [6, 6.07) is 0. The Morgan fingerprint density at radius 1 is 1.78 bits per heavy atom. The molecular formula is C6H15N3. The first-order chi connectivity index (χ1) is 4.33. The average molecular weight is 129 g/mol. The van der Waals surface area contributed by atoms with Gasteiger partial charge in [0.15, 0.2) is 0 Å². The van der Waals surface area contributed by atoms with Crippen molar-refractivity contribution in [3.63, 3.8) is 0 Å². The Labute approximate surface area is 56.2 Å². The molecule has 1 saturated heterocycles. The van der Waals surface area contributed by atoms with Gasteiger partial charge < -0.3 is 5.73 Å². The maximum atomic E-state index is 5.65. The molecule has 0 bridgehead atoms. The molecule has 9 heavy (non-hydrogen) atoms. The van der Waals surface area contributed by atoms with E-state index in [4.69, 9.17) is 5.73 Å². The standard InChI is InChI=1S/C6H15N3/c1-2-9-4-3-8-6(7)5-9/h6,8H,2-5,7H2,1H3. The minimum absolute atomic E-state index is 0.193. The molecule has 1 aliphatic rings. The van der Waals surface area contributed by atoms with Crippen molar-refractivity contribution < 1.29 is 0 Å². The van der Waals surface area contributed by atoms with Crippen molar-refractivity contribution in [1.29, 1.82) is 0 Å². The molecule has 1 atom stereocenters. The summed E-state index contributed by atoms with van der Waals surface area (Å²) in [4.78, 5) is 2.35. The number of nitrogens with one attached hydrogen (secondary N) is 1. The van der Waals surface area contributed by atoms with Gasteiger partial charge in [-0.3, -0.25) is 10.2 Å². The van der Waals surface area contributed by atoms with E-state index in [0.29, 0.717) is 0 Å². The number of nitrogens with zero attached hydrogens (tertiary/aromatic N) is 1. The summed E-state index contributed by atoms with van der Waals surface area (Å²) < 4.78 is 0. The van der Waals surface area contributed by atoms with Gasteiger partial charge in [0, 0.05) is 19.6 Å². The van der Waals surface area contributed by atoms with Crippen molar-refractivity contribution in [1.82, 2.24) is 10.2 Å². The third-order valence-electron chi connectivity index (χ3n) is 1.74. The van der Waals surface area contributed by atoms with Gasteiger partial charge in [-0.1, -0.05) is 6.92 Å². The minimum Gasteiger partial charge on any atom is -0.315 e. The summed E-state index contributed by atoms with van der Waals surface area (Å²) in [5, 5.41) is 3.18. The van der Waals surface area contributed by atoms with E-state index in [1.54, 1.807) is 0 Å². The summed E-state index contributed by atoms with van der Waals surface area (Å²) in [6.45, 7) is 6.46. The van der Waals surface area contributed by atoms with Gasteiger partial charge in [0.05, 0.1) is 6.17 Å². The Bertz CT molecular complexity index is 84.4. The number of likely N-dealkylation sites (N-methyl/N-ethyl adjacent to an activating group) is 1. The van der Waals surface area contributed by atoms with Gasteiger partial charge in [-0.05, 0) is 6.54 Å². The molecule has 1 fully saturated rings. The van der Waals surface area contributed by atoms with E-state index in [1.807, 2.05) is 0 Å². The van der Waals surface area contributed by atoms with E-state index < -0.39 is 0 Å². The second kappa shape index (κ2) is 3.15. The number of hydrogen-bond donors (Lipinski definition) is 2. The zero-order valence-corrected chi connectivity index (χ0v) is 5.93. The lowest BCUT2D eigenvalue weighted by Gasteiger charge is -2.30. The van der Waals surface area contributed by atoms with Crippen LogP contribution in [0.2, 0.25) is 0 Å². The van der Waals surface area contributed by atoms with Gasteiger partial charge in [0.1, 0.15) is 0 Å². The largest absolute Gasteiger partial charge is 0.315 e. The molecule has 0 aromatic carbocycles. The molecule has 1 rings (SSSR count). The molecule has 54 valence electrons. The van der Waals surface area contributed by atoms with Crippen LogP contribution in [0.1, 0.15) is 6.92 Å². The van der Waals surface area contributed by atoms with Crippen LogP contribution >= 0.6 is 0 Å². The van der Waals surface area contributed by atoms with E-state index >= 15 is 0 Å². The molecule has 1 heterocycles. The predicted octanol–water partition coefficient (Wildman–Crippen LogP) is -0.804. The molecule has 0 aromatic rings. The first-order valence-corrected chi connectivity index (χ1v) is 3.54. The molecule has 1 unspecified atom stereocenters. The number of rotatable bonds is 1. The van der Waals surface area contributed by atoms with Gasteiger partial charge in [-0.2, -0.15) is 0 Å². The first-order valence-electron chi connectivity index (χ1n) is 3.54. The van der Waals surface area contributed by atoms with E-state index in [0.717, 1.165) is 26.2 Å². The van der Waals surface area contributed by atoms with Crippen molar-refractivity contribution >= 4 is 0 Å². The third kappa shape index (κ3) is 1.93. The number of hydrogen-bond acceptors (Lipinski definition) is 3. The first kappa shape index (κ1) is 6.99. The van der Waals surface area contributed by atoms with Crippen molar-refractivity contribution in [2.75, 3.05) is 26.2 Å². The fourth-order valence-corrected chi connectivity index (χ4v) is 1.13. The molecule has 0 aromatic heterocycles. The SMILES string of the molecule is CCN1CCNC(N)C1. The molecule has 0 amide bonds. The van der Waals surface area contributed by atoms with Crippen LogP contribution in [-0.4, -0.2) is 37.2 Å². The van der Waals surface area contributed by atoms with Crippen molar-refractivity contribution in [2.24, 2.45) is 5.73 Å². The van der Waals surface area contributed by atoms with Crippen LogP contribution in [0.25, 0.3) is 0 Å². The van der Waals surface area contributed by atoms with Gasteiger partial charge in [-0.15, -0.1) is 0 Å². The topological polar surface area (TPSA) is 41.3 Å². The smallest absolute Gasteiger partial charge is 0.0678 e. The highest BCUT2D eigenvalue weighted by Gasteiger charge is 2.12. The van der Waals surface area contributed by atoms with Crippen LogP contribution in [0.15, 0.2) is 0 Å².